The maximum absolute atomic E-state index is 13.1. The Morgan fingerprint density at radius 2 is 1.73 bits per heavy atom. The number of aliphatic hydroxyl groups excluding tert-OH is 1. The Morgan fingerprint density at radius 3 is 2.49 bits per heavy atom. The summed E-state index contributed by atoms with van der Waals surface area (Å²) >= 11 is 0. The van der Waals surface area contributed by atoms with Gasteiger partial charge in [-0.3, -0.25) is 4.79 Å². The standard InChI is InChI=1S/C30H34N2O5/c1-35-25-6-4-5-23(18-25)22-9-7-21(8-10-22)17-29(33)31-26(20-32-13-2-3-14-32)30(34)24-11-12-27-28(19-24)37-16-15-36-27/h4-12,18-19,26,30,34H,2-3,13-17,20H2,1H3,(H,31,33). The number of hydrogen-bond donors (Lipinski definition) is 2. The largest absolute Gasteiger partial charge is 0.497 e. The highest BCUT2D eigenvalue weighted by Gasteiger charge is 2.28. The molecule has 0 saturated carbocycles. The van der Waals surface area contributed by atoms with Gasteiger partial charge in [0.05, 0.1) is 19.6 Å². The molecule has 37 heavy (non-hydrogen) atoms. The van der Waals surface area contributed by atoms with E-state index < -0.39 is 12.1 Å². The second-order valence-corrected chi connectivity index (χ2v) is 9.64. The molecule has 0 radical (unpaired) electrons. The van der Waals surface area contributed by atoms with Crippen LogP contribution in [0.15, 0.2) is 66.7 Å². The third-order valence-corrected chi connectivity index (χ3v) is 7.01. The van der Waals surface area contributed by atoms with Gasteiger partial charge in [-0.05, 0) is 72.5 Å². The number of nitrogens with zero attached hydrogens (tertiary/aromatic N) is 1. The minimum Gasteiger partial charge on any atom is -0.497 e. The number of benzene rings is 3. The summed E-state index contributed by atoms with van der Waals surface area (Å²) in [6.07, 6.45) is 1.65. The Bertz CT molecular complexity index is 1210. The molecule has 7 heteroatoms. The molecule has 3 aromatic carbocycles. The molecule has 5 rings (SSSR count). The van der Waals surface area contributed by atoms with Gasteiger partial charge in [0.1, 0.15) is 25.1 Å². The Kier molecular flexibility index (Phi) is 7.92. The van der Waals surface area contributed by atoms with Crippen molar-refractivity contribution >= 4 is 5.91 Å². The highest BCUT2D eigenvalue weighted by Crippen LogP contribution is 2.33. The lowest BCUT2D eigenvalue weighted by molar-refractivity contribution is -0.122. The Labute approximate surface area is 218 Å². The summed E-state index contributed by atoms with van der Waals surface area (Å²) < 4.78 is 16.6. The molecule has 2 unspecified atom stereocenters. The maximum atomic E-state index is 13.1. The molecular formula is C30H34N2O5. The average Bonchev–Trinajstić information content (AvgIpc) is 3.45. The summed E-state index contributed by atoms with van der Waals surface area (Å²) in [6.45, 7) is 3.55. The summed E-state index contributed by atoms with van der Waals surface area (Å²) in [6, 6.07) is 20.9. The monoisotopic (exact) mass is 502 g/mol. The van der Waals surface area contributed by atoms with Crippen LogP contribution in [0.2, 0.25) is 0 Å². The van der Waals surface area contributed by atoms with Gasteiger partial charge in [-0.15, -0.1) is 0 Å². The van der Waals surface area contributed by atoms with Crippen LogP contribution in [0.25, 0.3) is 11.1 Å². The normalized spacial score (nSPS) is 16.7. The molecule has 0 aliphatic carbocycles. The minimum absolute atomic E-state index is 0.116. The first-order valence-electron chi connectivity index (χ1n) is 12.9. The van der Waals surface area contributed by atoms with E-state index in [4.69, 9.17) is 14.2 Å². The second kappa shape index (κ2) is 11.7. The zero-order chi connectivity index (χ0) is 25.6. The van der Waals surface area contributed by atoms with Crippen LogP contribution in [-0.2, 0) is 11.2 Å². The lowest BCUT2D eigenvalue weighted by Gasteiger charge is -2.29. The first kappa shape index (κ1) is 25.1. The van der Waals surface area contributed by atoms with Gasteiger partial charge in [0.25, 0.3) is 0 Å². The van der Waals surface area contributed by atoms with E-state index in [9.17, 15) is 9.90 Å². The number of fused-ring (bicyclic) bond motifs is 1. The van der Waals surface area contributed by atoms with Gasteiger partial charge in [0, 0.05) is 6.54 Å². The number of amides is 1. The Morgan fingerprint density at radius 1 is 0.973 bits per heavy atom. The highest BCUT2D eigenvalue weighted by molar-refractivity contribution is 5.79. The molecule has 2 N–H and O–H groups in total. The summed E-state index contributed by atoms with van der Waals surface area (Å²) in [5.74, 6) is 2.00. The molecule has 1 amide bonds. The third kappa shape index (κ3) is 6.24. The maximum Gasteiger partial charge on any atom is 0.224 e. The summed E-state index contributed by atoms with van der Waals surface area (Å²) in [4.78, 5) is 15.4. The van der Waals surface area contributed by atoms with Crippen molar-refractivity contribution in [3.63, 3.8) is 0 Å². The summed E-state index contributed by atoms with van der Waals surface area (Å²) in [5, 5.41) is 14.4. The van der Waals surface area contributed by atoms with Crippen LogP contribution in [0.4, 0.5) is 0 Å². The number of carbonyl (C=O) groups is 1. The van der Waals surface area contributed by atoms with Crippen molar-refractivity contribution in [1.82, 2.24) is 10.2 Å². The molecular weight excluding hydrogens is 468 g/mol. The number of nitrogens with one attached hydrogen (secondary N) is 1. The third-order valence-electron chi connectivity index (χ3n) is 7.01. The van der Waals surface area contributed by atoms with Crippen LogP contribution < -0.4 is 19.5 Å². The molecule has 2 atom stereocenters. The molecule has 194 valence electrons. The van der Waals surface area contributed by atoms with Gasteiger partial charge in [-0.25, -0.2) is 0 Å². The number of ether oxygens (including phenoxy) is 3. The van der Waals surface area contributed by atoms with Gasteiger partial charge < -0.3 is 29.5 Å². The molecule has 0 aromatic heterocycles. The Hall–Kier alpha value is -3.55. The average molecular weight is 503 g/mol. The molecule has 2 aliphatic rings. The van der Waals surface area contributed by atoms with E-state index in [1.54, 1.807) is 7.11 Å². The van der Waals surface area contributed by atoms with Gasteiger partial charge in [0.15, 0.2) is 11.5 Å². The van der Waals surface area contributed by atoms with E-state index in [1.807, 2.05) is 66.7 Å². The molecule has 1 saturated heterocycles. The fourth-order valence-electron chi connectivity index (χ4n) is 5.00. The molecule has 3 aromatic rings. The zero-order valence-corrected chi connectivity index (χ0v) is 21.2. The summed E-state index contributed by atoms with van der Waals surface area (Å²) in [5.41, 5.74) is 3.74. The number of aliphatic hydroxyl groups is 1. The van der Waals surface area contributed by atoms with Crippen molar-refractivity contribution in [2.45, 2.75) is 31.4 Å². The molecule has 2 heterocycles. The van der Waals surface area contributed by atoms with E-state index in [0.717, 1.165) is 48.4 Å². The van der Waals surface area contributed by atoms with Crippen LogP contribution in [-0.4, -0.2) is 61.9 Å². The predicted molar refractivity (Wildman–Crippen MR) is 142 cm³/mol. The molecule has 7 nitrogen and oxygen atoms in total. The molecule has 1 fully saturated rings. The fraction of sp³-hybridized carbons (Fsp3) is 0.367. The van der Waals surface area contributed by atoms with Gasteiger partial charge >= 0.3 is 0 Å². The van der Waals surface area contributed by atoms with Crippen LogP contribution in [0, 0.1) is 0 Å². The van der Waals surface area contributed by atoms with Crippen LogP contribution >= 0.6 is 0 Å². The van der Waals surface area contributed by atoms with Crippen molar-refractivity contribution in [1.29, 1.82) is 0 Å². The van der Waals surface area contributed by atoms with E-state index in [0.29, 0.717) is 36.8 Å². The van der Waals surface area contributed by atoms with Crippen LogP contribution in [0.5, 0.6) is 17.2 Å². The highest BCUT2D eigenvalue weighted by atomic mass is 16.6. The van der Waals surface area contributed by atoms with Crippen molar-refractivity contribution in [2.75, 3.05) is 40.0 Å². The lowest BCUT2D eigenvalue weighted by Crippen LogP contribution is -2.47. The number of methoxy groups -OCH3 is 1. The molecule has 0 spiro atoms. The summed E-state index contributed by atoms with van der Waals surface area (Å²) in [7, 11) is 1.66. The van der Waals surface area contributed by atoms with Crippen molar-refractivity contribution in [3.05, 3.63) is 77.9 Å². The van der Waals surface area contributed by atoms with E-state index in [-0.39, 0.29) is 12.3 Å². The number of rotatable bonds is 9. The predicted octanol–water partition coefficient (Wildman–Crippen LogP) is 3.99. The first-order valence-corrected chi connectivity index (χ1v) is 12.9. The van der Waals surface area contributed by atoms with Crippen molar-refractivity contribution in [3.8, 4) is 28.4 Å². The van der Waals surface area contributed by atoms with Gasteiger partial charge in [-0.2, -0.15) is 0 Å². The van der Waals surface area contributed by atoms with Gasteiger partial charge in [0.2, 0.25) is 5.91 Å². The molecule has 0 bridgehead atoms. The van der Waals surface area contributed by atoms with Crippen molar-refractivity contribution in [2.24, 2.45) is 0 Å². The van der Waals surface area contributed by atoms with E-state index >= 15 is 0 Å². The van der Waals surface area contributed by atoms with Crippen LogP contribution in [0.1, 0.15) is 30.1 Å². The van der Waals surface area contributed by atoms with E-state index in [2.05, 4.69) is 10.2 Å². The van der Waals surface area contributed by atoms with Crippen molar-refractivity contribution < 1.29 is 24.1 Å². The SMILES string of the molecule is COc1cccc(-c2ccc(CC(=O)NC(CN3CCCC3)C(O)c3ccc4c(c3)OCCO4)cc2)c1. The minimum atomic E-state index is -0.865. The topological polar surface area (TPSA) is 80.3 Å². The van der Waals surface area contributed by atoms with Gasteiger partial charge in [-0.1, -0.05) is 42.5 Å². The smallest absolute Gasteiger partial charge is 0.224 e. The Balaban J connectivity index is 1.27. The van der Waals surface area contributed by atoms with Crippen LogP contribution in [0.3, 0.4) is 0 Å². The molecule has 2 aliphatic heterocycles. The lowest BCUT2D eigenvalue weighted by atomic mass is 10.00. The fourth-order valence-corrected chi connectivity index (χ4v) is 5.00. The zero-order valence-electron chi connectivity index (χ0n) is 21.2. The first-order chi connectivity index (χ1) is 18.1. The quantitative estimate of drug-likeness (QED) is 0.461. The van der Waals surface area contributed by atoms with E-state index in [1.165, 1.54) is 0 Å². The number of carbonyl (C=O) groups excluding carboxylic acids is 1. The number of likely N-dealkylation sites (tertiary alicyclic amines) is 1. The number of hydrogen-bond acceptors (Lipinski definition) is 6. The second-order valence-electron chi connectivity index (χ2n) is 9.64.